The molecule has 1 heterocycles. The van der Waals surface area contributed by atoms with Gasteiger partial charge in [-0.1, -0.05) is 12.8 Å². The van der Waals surface area contributed by atoms with Crippen molar-refractivity contribution >= 4 is 25.6 Å². The lowest BCUT2D eigenvalue weighted by Crippen LogP contribution is -2.32. The molecule has 0 bridgehead atoms. The Labute approximate surface area is 130 Å². The van der Waals surface area contributed by atoms with E-state index in [1.54, 1.807) is 19.9 Å². The molecule has 6 heteroatoms. The number of carbonyl (C=O) groups excluding carboxylic acids is 1. The second kappa shape index (κ2) is 6.36. The molecule has 1 aromatic carbocycles. The molecule has 0 saturated carbocycles. The Balaban J connectivity index is 2.39. The SMILES string of the molecule is Cc1cc(C(=O)N2CCCCCC2)cc(S(=O)(=O)Cl)c1C. The second-order valence-electron chi connectivity index (χ2n) is 5.56. The Hall–Kier alpha value is -1.07. The van der Waals surface area contributed by atoms with Crippen molar-refractivity contribution in [1.82, 2.24) is 4.90 Å². The normalized spacial score (nSPS) is 16.6. The van der Waals surface area contributed by atoms with Gasteiger partial charge in [0.15, 0.2) is 0 Å². The van der Waals surface area contributed by atoms with Gasteiger partial charge in [0.2, 0.25) is 0 Å². The molecule has 116 valence electrons. The average molecular weight is 330 g/mol. The van der Waals surface area contributed by atoms with Crippen molar-refractivity contribution in [2.24, 2.45) is 0 Å². The highest BCUT2D eigenvalue weighted by Gasteiger charge is 2.22. The Bertz CT molecular complexity index is 647. The summed E-state index contributed by atoms with van der Waals surface area (Å²) in [5.41, 5.74) is 1.76. The van der Waals surface area contributed by atoms with Gasteiger partial charge in [0.25, 0.3) is 15.0 Å². The van der Waals surface area contributed by atoms with E-state index >= 15 is 0 Å². The van der Waals surface area contributed by atoms with E-state index in [1.807, 2.05) is 4.90 Å². The fraction of sp³-hybridized carbons (Fsp3) is 0.533. The number of hydrogen-bond acceptors (Lipinski definition) is 3. The van der Waals surface area contributed by atoms with Crippen molar-refractivity contribution in [3.05, 3.63) is 28.8 Å². The third-order valence-electron chi connectivity index (χ3n) is 4.02. The summed E-state index contributed by atoms with van der Waals surface area (Å²) >= 11 is 0. The van der Waals surface area contributed by atoms with E-state index in [-0.39, 0.29) is 10.8 Å². The highest BCUT2D eigenvalue weighted by molar-refractivity contribution is 8.13. The molecule has 1 aliphatic heterocycles. The summed E-state index contributed by atoms with van der Waals surface area (Å²) in [6.07, 6.45) is 4.27. The van der Waals surface area contributed by atoms with Crippen LogP contribution in [0.1, 0.15) is 47.2 Å². The van der Waals surface area contributed by atoms with Gasteiger partial charge >= 0.3 is 0 Å². The molecule has 0 aromatic heterocycles. The van der Waals surface area contributed by atoms with Crippen LogP contribution in [-0.2, 0) is 9.05 Å². The summed E-state index contributed by atoms with van der Waals surface area (Å²) in [5, 5.41) is 0. The van der Waals surface area contributed by atoms with Crippen LogP contribution in [0.25, 0.3) is 0 Å². The lowest BCUT2D eigenvalue weighted by molar-refractivity contribution is 0.0761. The third kappa shape index (κ3) is 3.77. The number of rotatable bonds is 2. The number of aryl methyl sites for hydroxylation is 1. The van der Waals surface area contributed by atoms with Gasteiger partial charge in [-0.25, -0.2) is 8.42 Å². The van der Waals surface area contributed by atoms with Crippen LogP contribution in [0.5, 0.6) is 0 Å². The summed E-state index contributed by atoms with van der Waals surface area (Å²) < 4.78 is 23.3. The largest absolute Gasteiger partial charge is 0.339 e. The topological polar surface area (TPSA) is 54.5 Å². The summed E-state index contributed by atoms with van der Waals surface area (Å²) in [6.45, 7) is 4.95. The van der Waals surface area contributed by atoms with Gasteiger partial charge in [0.1, 0.15) is 0 Å². The minimum atomic E-state index is -3.85. The highest BCUT2D eigenvalue weighted by atomic mass is 35.7. The van der Waals surface area contributed by atoms with Gasteiger partial charge in [0, 0.05) is 29.3 Å². The van der Waals surface area contributed by atoms with Gasteiger partial charge < -0.3 is 4.90 Å². The molecule has 1 saturated heterocycles. The number of carbonyl (C=O) groups is 1. The van der Waals surface area contributed by atoms with E-state index in [2.05, 4.69) is 0 Å². The van der Waals surface area contributed by atoms with E-state index in [0.29, 0.717) is 11.1 Å². The number of hydrogen-bond donors (Lipinski definition) is 0. The minimum Gasteiger partial charge on any atom is -0.339 e. The molecule has 0 spiro atoms. The first-order chi connectivity index (χ1) is 9.80. The average Bonchev–Trinajstić information content (AvgIpc) is 2.68. The third-order valence-corrected chi connectivity index (χ3v) is 5.47. The van der Waals surface area contributed by atoms with Gasteiger partial charge in [-0.3, -0.25) is 4.79 Å². The number of amides is 1. The van der Waals surface area contributed by atoms with Crippen LogP contribution in [0.4, 0.5) is 0 Å². The predicted molar refractivity (Wildman–Crippen MR) is 83.3 cm³/mol. The molecular weight excluding hydrogens is 310 g/mol. The van der Waals surface area contributed by atoms with Gasteiger partial charge in [-0.2, -0.15) is 0 Å². The van der Waals surface area contributed by atoms with Crippen LogP contribution < -0.4 is 0 Å². The maximum absolute atomic E-state index is 12.6. The van der Waals surface area contributed by atoms with Crippen LogP contribution in [0, 0.1) is 13.8 Å². The van der Waals surface area contributed by atoms with Crippen molar-refractivity contribution < 1.29 is 13.2 Å². The highest BCUT2D eigenvalue weighted by Crippen LogP contribution is 2.25. The van der Waals surface area contributed by atoms with Crippen LogP contribution in [0.3, 0.4) is 0 Å². The molecule has 21 heavy (non-hydrogen) atoms. The molecule has 1 amide bonds. The maximum atomic E-state index is 12.6. The molecule has 0 N–H and O–H groups in total. The molecule has 0 aliphatic carbocycles. The first-order valence-corrected chi connectivity index (χ1v) is 9.47. The summed E-state index contributed by atoms with van der Waals surface area (Å²) in [4.78, 5) is 14.4. The van der Waals surface area contributed by atoms with Crippen LogP contribution >= 0.6 is 10.7 Å². The molecule has 0 radical (unpaired) electrons. The Morgan fingerprint density at radius 3 is 2.19 bits per heavy atom. The fourth-order valence-electron chi connectivity index (χ4n) is 2.66. The zero-order valence-electron chi connectivity index (χ0n) is 12.4. The van der Waals surface area contributed by atoms with Crippen molar-refractivity contribution in [2.45, 2.75) is 44.4 Å². The molecule has 2 rings (SSSR count). The second-order valence-corrected chi connectivity index (χ2v) is 8.09. The Morgan fingerprint density at radius 2 is 1.67 bits per heavy atom. The Kier molecular flexibility index (Phi) is 4.94. The lowest BCUT2D eigenvalue weighted by atomic mass is 10.1. The first kappa shape index (κ1) is 16.3. The monoisotopic (exact) mass is 329 g/mol. The van der Waals surface area contributed by atoms with E-state index in [0.717, 1.165) is 44.3 Å². The van der Waals surface area contributed by atoms with Crippen LogP contribution in [0.2, 0.25) is 0 Å². The predicted octanol–water partition coefficient (Wildman–Crippen LogP) is 3.25. The number of likely N-dealkylation sites (tertiary alicyclic amines) is 1. The van der Waals surface area contributed by atoms with Crippen molar-refractivity contribution in [3.63, 3.8) is 0 Å². The first-order valence-electron chi connectivity index (χ1n) is 7.16. The van der Waals surface area contributed by atoms with Crippen molar-refractivity contribution in [3.8, 4) is 0 Å². The molecule has 0 atom stereocenters. The standard InChI is InChI=1S/C15H20ClNO3S/c1-11-9-13(10-14(12(11)2)21(16,19)20)15(18)17-7-5-3-4-6-8-17/h9-10H,3-8H2,1-2H3. The number of nitrogens with zero attached hydrogens (tertiary/aromatic N) is 1. The number of halogens is 1. The molecule has 0 unspecified atom stereocenters. The number of benzene rings is 1. The smallest absolute Gasteiger partial charge is 0.261 e. The molecular formula is C15H20ClNO3S. The zero-order valence-corrected chi connectivity index (χ0v) is 13.9. The zero-order chi connectivity index (χ0) is 15.6. The molecule has 1 aliphatic rings. The summed E-state index contributed by atoms with van der Waals surface area (Å²) in [5.74, 6) is -0.110. The Morgan fingerprint density at radius 1 is 1.10 bits per heavy atom. The van der Waals surface area contributed by atoms with E-state index in [1.165, 1.54) is 6.07 Å². The van der Waals surface area contributed by atoms with Crippen LogP contribution in [-0.4, -0.2) is 32.3 Å². The minimum absolute atomic E-state index is 0.0299. The van der Waals surface area contributed by atoms with E-state index < -0.39 is 9.05 Å². The molecule has 1 aromatic rings. The van der Waals surface area contributed by atoms with Gasteiger partial charge in [0.05, 0.1) is 4.90 Å². The van der Waals surface area contributed by atoms with Crippen molar-refractivity contribution in [2.75, 3.05) is 13.1 Å². The van der Waals surface area contributed by atoms with Gasteiger partial charge in [-0.15, -0.1) is 0 Å². The van der Waals surface area contributed by atoms with E-state index in [9.17, 15) is 13.2 Å². The summed E-state index contributed by atoms with van der Waals surface area (Å²) in [7, 11) is 1.62. The quantitative estimate of drug-likeness (QED) is 0.783. The summed E-state index contributed by atoms with van der Waals surface area (Å²) in [6, 6.07) is 3.14. The molecule has 1 fully saturated rings. The van der Waals surface area contributed by atoms with Crippen molar-refractivity contribution in [1.29, 1.82) is 0 Å². The van der Waals surface area contributed by atoms with Gasteiger partial charge in [-0.05, 0) is 49.9 Å². The van der Waals surface area contributed by atoms with Crippen LogP contribution in [0.15, 0.2) is 17.0 Å². The fourth-order valence-corrected chi connectivity index (χ4v) is 3.94. The maximum Gasteiger partial charge on any atom is 0.261 e. The van der Waals surface area contributed by atoms with E-state index in [4.69, 9.17) is 10.7 Å². The molecule has 4 nitrogen and oxygen atoms in total. The lowest BCUT2D eigenvalue weighted by Gasteiger charge is -2.21.